The minimum atomic E-state index is -3.67. The van der Waals surface area contributed by atoms with Crippen LogP contribution in [0.3, 0.4) is 0 Å². The Labute approximate surface area is 177 Å². The van der Waals surface area contributed by atoms with Crippen LogP contribution in [0.5, 0.6) is 5.75 Å². The highest BCUT2D eigenvalue weighted by molar-refractivity contribution is 7.90. The molecule has 7 nitrogen and oxygen atoms in total. The average molecular weight is 430 g/mol. The molecular formula is C22H27N3O4S. The Bertz CT molecular complexity index is 1120. The summed E-state index contributed by atoms with van der Waals surface area (Å²) < 4.78 is 39.2. The van der Waals surface area contributed by atoms with Crippen molar-refractivity contribution in [2.45, 2.75) is 62.9 Å². The quantitative estimate of drug-likeness (QED) is 0.567. The van der Waals surface area contributed by atoms with Crippen molar-refractivity contribution in [3.05, 3.63) is 47.6 Å². The molecule has 160 valence electrons. The number of oxazole rings is 1. The largest absolute Gasteiger partial charge is 0.497 e. The van der Waals surface area contributed by atoms with E-state index in [0.717, 1.165) is 48.4 Å². The zero-order chi connectivity index (χ0) is 21.3. The maximum atomic E-state index is 13.3. The molecule has 1 aliphatic rings. The number of methoxy groups -OCH3 is 1. The van der Waals surface area contributed by atoms with E-state index in [-0.39, 0.29) is 17.0 Å². The summed E-state index contributed by atoms with van der Waals surface area (Å²) in [5.41, 5.74) is 2.82. The third kappa shape index (κ3) is 4.01. The van der Waals surface area contributed by atoms with Crippen molar-refractivity contribution in [3.63, 3.8) is 0 Å². The number of nitrogens with zero attached hydrogens (tertiary/aromatic N) is 3. The third-order valence-electron chi connectivity index (χ3n) is 5.80. The van der Waals surface area contributed by atoms with E-state index in [1.54, 1.807) is 7.11 Å². The van der Waals surface area contributed by atoms with Gasteiger partial charge in [0.25, 0.3) is 0 Å². The molecule has 0 unspecified atom stereocenters. The van der Waals surface area contributed by atoms with Gasteiger partial charge < -0.3 is 13.7 Å². The van der Waals surface area contributed by atoms with Gasteiger partial charge in [0.15, 0.2) is 0 Å². The predicted octanol–water partition coefficient (Wildman–Crippen LogP) is 4.64. The molecule has 0 atom stereocenters. The molecule has 1 aromatic carbocycles. The summed E-state index contributed by atoms with van der Waals surface area (Å²) in [6.45, 7) is 3.82. The summed E-state index contributed by atoms with van der Waals surface area (Å²) in [6.07, 6.45) is 6.84. The normalized spacial score (nSPS) is 15.4. The van der Waals surface area contributed by atoms with Crippen molar-refractivity contribution >= 4 is 9.84 Å². The fourth-order valence-electron chi connectivity index (χ4n) is 4.08. The van der Waals surface area contributed by atoms with E-state index >= 15 is 0 Å². The lowest BCUT2D eigenvalue weighted by Gasteiger charge is -2.26. The summed E-state index contributed by atoms with van der Waals surface area (Å²) in [5.74, 6) is 0.870. The van der Waals surface area contributed by atoms with Crippen LogP contribution in [0.1, 0.15) is 55.2 Å². The highest BCUT2D eigenvalue weighted by atomic mass is 32.2. The van der Waals surface area contributed by atoms with Crippen molar-refractivity contribution in [3.8, 4) is 17.2 Å². The van der Waals surface area contributed by atoms with Crippen LogP contribution < -0.4 is 4.74 Å². The van der Waals surface area contributed by atoms with E-state index < -0.39 is 9.84 Å². The fourth-order valence-corrected chi connectivity index (χ4v) is 5.60. The molecule has 0 spiro atoms. The minimum Gasteiger partial charge on any atom is -0.497 e. The van der Waals surface area contributed by atoms with Gasteiger partial charge in [-0.05, 0) is 51.0 Å². The summed E-state index contributed by atoms with van der Waals surface area (Å²) in [5, 5.41) is 0.151. The first kappa shape index (κ1) is 20.7. The van der Waals surface area contributed by atoms with Gasteiger partial charge in [0.2, 0.25) is 20.9 Å². The lowest BCUT2D eigenvalue weighted by molar-refractivity contribution is 0.329. The van der Waals surface area contributed by atoms with Crippen molar-refractivity contribution < 1.29 is 17.6 Å². The first-order chi connectivity index (χ1) is 14.4. The number of hydrogen-bond acceptors (Lipinski definition) is 6. The highest BCUT2D eigenvalue weighted by Crippen LogP contribution is 2.33. The topological polar surface area (TPSA) is 87.2 Å². The molecule has 0 aliphatic heterocycles. The third-order valence-corrected chi connectivity index (χ3v) is 7.32. The molecule has 0 saturated heterocycles. The second-order valence-corrected chi connectivity index (χ2v) is 9.74. The van der Waals surface area contributed by atoms with Crippen molar-refractivity contribution in [2.75, 3.05) is 7.11 Å². The number of sulfone groups is 1. The van der Waals surface area contributed by atoms with Crippen LogP contribution in [0.2, 0.25) is 0 Å². The minimum absolute atomic E-state index is 0.151. The van der Waals surface area contributed by atoms with Gasteiger partial charge in [-0.2, -0.15) is 0 Å². The van der Waals surface area contributed by atoms with E-state index in [4.69, 9.17) is 9.15 Å². The van der Waals surface area contributed by atoms with Gasteiger partial charge in [-0.15, -0.1) is 0 Å². The lowest BCUT2D eigenvalue weighted by Crippen LogP contribution is -2.20. The molecule has 0 amide bonds. The van der Waals surface area contributed by atoms with Gasteiger partial charge in [0.05, 0.1) is 18.5 Å². The summed E-state index contributed by atoms with van der Waals surface area (Å²) in [4.78, 5) is 8.83. The summed E-state index contributed by atoms with van der Waals surface area (Å²) in [7, 11) is -2.06. The molecule has 1 fully saturated rings. The smallest absolute Gasteiger partial charge is 0.228 e. The molecular weight excluding hydrogens is 402 g/mol. The molecule has 8 heteroatoms. The number of aromatic nitrogens is 3. The van der Waals surface area contributed by atoms with Crippen LogP contribution in [0, 0.1) is 13.8 Å². The second-order valence-electron chi connectivity index (χ2n) is 7.86. The van der Waals surface area contributed by atoms with Crippen LogP contribution in [0.25, 0.3) is 11.5 Å². The second kappa shape index (κ2) is 8.26. The average Bonchev–Trinajstić information content (AvgIpc) is 3.33. The molecule has 2 heterocycles. The SMILES string of the molecule is COc1ccc(-c2nc(CS(=O)(=O)c3nc(C)c(C)n3C3CCCCC3)co2)cc1. The number of ether oxygens (including phenoxy) is 1. The number of imidazole rings is 1. The van der Waals surface area contributed by atoms with Crippen LogP contribution in [-0.4, -0.2) is 30.1 Å². The maximum absolute atomic E-state index is 13.3. The Kier molecular flexibility index (Phi) is 5.69. The Hall–Kier alpha value is -2.61. The Morgan fingerprint density at radius 3 is 2.47 bits per heavy atom. The fraction of sp³-hybridized carbons (Fsp3) is 0.455. The van der Waals surface area contributed by atoms with Crippen molar-refractivity contribution in [2.24, 2.45) is 0 Å². The number of aryl methyl sites for hydroxylation is 1. The van der Waals surface area contributed by atoms with E-state index in [2.05, 4.69) is 9.97 Å². The number of rotatable bonds is 6. The lowest BCUT2D eigenvalue weighted by atomic mass is 9.95. The van der Waals surface area contributed by atoms with Crippen LogP contribution in [-0.2, 0) is 15.6 Å². The summed E-state index contributed by atoms with van der Waals surface area (Å²) in [6, 6.07) is 7.46. The van der Waals surface area contributed by atoms with Gasteiger partial charge in [-0.3, -0.25) is 0 Å². The van der Waals surface area contributed by atoms with Crippen LogP contribution in [0.15, 0.2) is 40.1 Å². The molecule has 4 rings (SSSR count). The van der Waals surface area contributed by atoms with Gasteiger partial charge in [-0.25, -0.2) is 18.4 Å². The standard InChI is InChI=1S/C22H27N3O4S/c1-15-16(2)25(19-7-5-4-6-8-19)22(23-15)30(26,27)14-18-13-29-21(24-18)17-9-11-20(28-3)12-10-17/h9-13,19H,4-8,14H2,1-3H3. The van der Waals surface area contributed by atoms with E-state index in [1.807, 2.05) is 42.7 Å². The van der Waals surface area contributed by atoms with E-state index in [0.29, 0.717) is 11.6 Å². The first-order valence-electron chi connectivity index (χ1n) is 10.3. The van der Waals surface area contributed by atoms with Crippen molar-refractivity contribution in [1.29, 1.82) is 0 Å². The molecule has 0 bridgehead atoms. The van der Waals surface area contributed by atoms with Crippen LogP contribution >= 0.6 is 0 Å². The van der Waals surface area contributed by atoms with Crippen LogP contribution in [0.4, 0.5) is 0 Å². The molecule has 0 N–H and O–H groups in total. The zero-order valence-electron chi connectivity index (χ0n) is 17.6. The Balaban J connectivity index is 1.61. The predicted molar refractivity (Wildman–Crippen MR) is 113 cm³/mol. The van der Waals surface area contributed by atoms with Gasteiger partial charge in [0.1, 0.15) is 17.8 Å². The molecule has 1 aliphatic carbocycles. The van der Waals surface area contributed by atoms with Crippen molar-refractivity contribution in [1.82, 2.24) is 14.5 Å². The number of hydrogen-bond donors (Lipinski definition) is 0. The monoisotopic (exact) mass is 429 g/mol. The first-order valence-corrected chi connectivity index (χ1v) is 11.9. The molecule has 1 saturated carbocycles. The molecule has 2 aromatic heterocycles. The number of benzene rings is 1. The summed E-state index contributed by atoms with van der Waals surface area (Å²) >= 11 is 0. The van der Waals surface area contributed by atoms with Gasteiger partial charge >= 0.3 is 0 Å². The maximum Gasteiger partial charge on any atom is 0.228 e. The van der Waals surface area contributed by atoms with Gasteiger partial charge in [0, 0.05) is 17.3 Å². The Morgan fingerprint density at radius 2 is 1.80 bits per heavy atom. The molecule has 30 heavy (non-hydrogen) atoms. The molecule has 3 aromatic rings. The van der Waals surface area contributed by atoms with Gasteiger partial charge in [-0.1, -0.05) is 19.3 Å². The highest BCUT2D eigenvalue weighted by Gasteiger charge is 2.30. The van der Waals surface area contributed by atoms with E-state index in [9.17, 15) is 8.42 Å². The zero-order valence-corrected chi connectivity index (χ0v) is 18.4. The Morgan fingerprint density at radius 1 is 1.10 bits per heavy atom. The molecule has 0 radical (unpaired) electrons. The van der Waals surface area contributed by atoms with E-state index in [1.165, 1.54) is 12.7 Å².